The number of hydrogen-bond donors (Lipinski definition) is 1. The number of nitrogens with one attached hydrogen (secondary N) is 1. The first-order chi connectivity index (χ1) is 15.6. The summed E-state index contributed by atoms with van der Waals surface area (Å²) in [4.78, 5) is 25.1. The number of carbonyl (C=O) groups excluding carboxylic acids is 1. The first-order valence-electron chi connectivity index (χ1n) is 10.8. The van der Waals surface area contributed by atoms with Crippen LogP contribution in [0.2, 0.25) is 0 Å². The van der Waals surface area contributed by atoms with E-state index >= 15 is 0 Å². The number of hydrogen-bond acceptors (Lipinski definition) is 7. The predicted molar refractivity (Wildman–Crippen MR) is 120 cm³/mol. The fourth-order valence-corrected chi connectivity index (χ4v) is 6.44. The van der Waals surface area contributed by atoms with Gasteiger partial charge >= 0.3 is 0 Å². The molecule has 2 aromatic rings. The zero-order valence-corrected chi connectivity index (χ0v) is 19.6. The van der Waals surface area contributed by atoms with E-state index in [2.05, 4.69) is 16.5 Å². The number of carbonyl (C=O) groups is 1. The van der Waals surface area contributed by atoms with Gasteiger partial charge in [0.1, 0.15) is 5.54 Å². The summed E-state index contributed by atoms with van der Waals surface area (Å²) >= 11 is 0. The number of benzene rings is 1. The summed E-state index contributed by atoms with van der Waals surface area (Å²) < 4.78 is 33.7. The summed E-state index contributed by atoms with van der Waals surface area (Å²) in [6, 6.07) is 9.82. The van der Waals surface area contributed by atoms with Crippen LogP contribution in [0.15, 0.2) is 40.0 Å². The fourth-order valence-electron chi connectivity index (χ4n) is 4.41. The molecule has 2 aliphatic carbocycles. The van der Waals surface area contributed by atoms with Crippen LogP contribution in [-0.4, -0.2) is 48.1 Å². The number of methoxy groups -OCH3 is 1. The summed E-state index contributed by atoms with van der Waals surface area (Å²) in [5.74, 6) is -0.981. The average molecular weight is 471 g/mol. The molecule has 2 aliphatic rings. The van der Waals surface area contributed by atoms with E-state index in [0.717, 1.165) is 0 Å². The van der Waals surface area contributed by atoms with Crippen LogP contribution in [0.4, 0.5) is 0 Å². The zero-order valence-electron chi connectivity index (χ0n) is 18.7. The zero-order chi connectivity index (χ0) is 24.0. The van der Waals surface area contributed by atoms with Crippen molar-refractivity contribution in [1.82, 2.24) is 15.1 Å². The fraction of sp³-hybridized carbons (Fsp3) is 0.478. The molecule has 0 bridgehead atoms. The maximum Gasteiger partial charge on any atom is 0.271 e. The lowest BCUT2D eigenvalue weighted by molar-refractivity contribution is -0.128. The van der Waals surface area contributed by atoms with E-state index in [0.29, 0.717) is 29.8 Å². The molecule has 3 atom stereocenters. The van der Waals surface area contributed by atoms with E-state index in [1.165, 1.54) is 23.9 Å². The quantitative estimate of drug-likeness (QED) is 0.678. The molecule has 0 aliphatic heterocycles. The van der Waals surface area contributed by atoms with E-state index in [9.17, 15) is 23.3 Å². The van der Waals surface area contributed by atoms with Crippen molar-refractivity contribution in [3.63, 3.8) is 0 Å². The number of amides is 1. The van der Waals surface area contributed by atoms with Crippen LogP contribution in [0, 0.1) is 31.1 Å². The van der Waals surface area contributed by atoms with Crippen LogP contribution in [0.1, 0.15) is 36.9 Å². The second-order valence-corrected chi connectivity index (χ2v) is 11.1. The maximum absolute atomic E-state index is 13.5. The molecule has 1 aromatic carbocycles. The van der Waals surface area contributed by atoms with Crippen LogP contribution >= 0.6 is 0 Å². The molecule has 0 spiro atoms. The summed E-state index contributed by atoms with van der Waals surface area (Å²) in [5, 5.41) is 15.4. The Morgan fingerprint density at radius 2 is 1.97 bits per heavy atom. The smallest absolute Gasteiger partial charge is 0.271 e. The van der Waals surface area contributed by atoms with Crippen LogP contribution < -0.4 is 10.9 Å². The van der Waals surface area contributed by atoms with Gasteiger partial charge in [0, 0.05) is 13.2 Å². The third-order valence-corrected chi connectivity index (χ3v) is 8.84. The highest BCUT2D eigenvalue weighted by Crippen LogP contribution is 2.39. The lowest BCUT2D eigenvalue weighted by Crippen LogP contribution is -2.42. The Morgan fingerprint density at radius 1 is 1.24 bits per heavy atom. The molecular weight excluding hydrogens is 444 g/mol. The monoisotopic (exact) mass is 470 g/mol. The van der Waals surface area contributed by atoms with Gasteiger partial charge in [-0.25, -0.2) is 8.42 Å². The highest BCUT2D eigenvalue weighted by Gasteiger charge is 2.50. The molecule has 0 radical (unpaired) electrons. The number of sulfone groups is 1. The van der Waals surface area contributed by atoms with Crippen LogP contribution in [0.3, 0.4) is 0 Å². The molecule has 2 saturated carbocycles. The van der Waals surface area contributed by atoms with Crippen LogP contribution in [0.25, 0.3) is 5.69 Å². The molecule has 1 amide bonds. The standard InChI is InChI=1S/C23H26N4O5S/c1-14-10-16(27-21(28)7-4-15(2)26-27)5-6-20(14)33(30,31)17-11-18(19(12-17)32-3)22(29)25-23(13-24)8-9-23/h4-7,10,17-19H,8-9,11-12H2,1-3H3,(H,25,29)/t17-,18-,19-/m1/s1. The Kier molecular flexibility index (Phi) is 5.88. The second-order valence-electron chi connectivity index (χ2n) is 8.88. The van der Waals surface area contributed by atoms with Crippen molar-refractivity contribution >= 4 is 15.7 Å². The van der Waals surface area contributed by atoms with Crippen molar-refractivity contribution in [3.8, 4) is 11.8 Å². The molecule has 1 aromatic heterocycles. The molecule has 2 fully saturated rings. The van der Waals surface area contributed by atoms with Gasteiger partial charge in [-0.1, -0.05) is 0 Å². The molecular formula is C23H26N4O5S. The van der Waals surface area contributed by atoms with Gasteiger partial charge in [-0.3, -0.25) is 9.59 Å². The maximum atomic E-state index is 13.5. The Balaban J connectivity index is 1.59. The molecule has 33 heavy (non-hydrogen) atoms. The Labute approximate surface area is 192 Å². The lowest BCUT2D eigenvalue weighted by atomic mass is 10.0. The highest BCUT2D eigenvalue weighted by atomic mass is 32.2. The van der Waals surface area contributed by atoms with Gasteiger partial charge in [0.15, 0.2) is 9.84 Å². The van der Waals surface area contributed by atoms with Gasteiger partial charge in [0.25, 0.3) is 5.56 Å². The van der Waals surface area contributed by atoms with Crippen molar-refractivity contribution < 1.29 is 17.9 Å². The lowest BCUT2D eigenvalue weighted by Gasteiger charge is -2.19. The number of rotatable bonds is 6. The first-order valence-corrected chi connectivity index (χ1v) is 12.3. The molecule has 0 unspecified atom stereocenters. The van der Waals surface area contributed by atoms with Gasteiger partial charge in [0.2, 0.25) is 5.91 Å². The van der Waals surface area contributed by atoms with Crippen LogP contribution in [0.5, 0.6) is 0 Å². The predicted octanol–water partition coefficient (Wildman–Crippen LogP) is 1.59. The van der Waals surface area contributed by atoms with Crippen molar-refractivity contribution in [1.29, 1.82) is 5.26 Å². The Hall–Kier alpha value is -3.03. The van der Waals surface area contributed by atoms with E-state index in [-0.39, 0.29) is 29.2 Å². The summed E-state index contributed by atoms with van der Waals surface area (Å²) in [6.45, 7) is 3.44. The average Bonchev–Trinajstić information content (AvgIpc) is 3.40. The summed E-state index contributed by atoms with van der Waals surface area (Å²) in [7, 11) is -2.30. The number of ether oxygens (including phenoxy) is 1. The van der Waals surface area contributed by atoms with E-state index in [4.69, 9.17) is 4.74 Å². The van der Waals surface area contributed by atoms with Crippen molar-refractivity contribution in [3.05, 3.63) is 51.9 Å². The topological polar surface area (TPSA) is 131 Å². The summed E-state index contributed by atoms with van der Waals surface area (Å²) in [5.41, 5.74) is 0.500. The Morgan fingerprint density at radius 3 is 2.58 bits per heavy atom. The molecule has 9 nitrogen and oxygen atoms in total. The molecule has 174 valence electrons. The van der Waals surface area contributed by atoms with Crippen molar-refractivity contribution in [2.75, 3.05) is 7.11 Å². The van der Waals surface area contributed by atoms with E-state index in [1.54, 1.807) is 32.0 Å². The van der Waals surface area contributed by atoms with Gasteiger partial charge < -0.3 is 10.1 Å². The SMILES string of the molecule is CO[C@@H]1C[C@H](S(=O)(=O)c2ccc(-n3nc(C)ccc3=O)cc2C)C[C@H]1C(=O)NC1(C#N)CC1. The van der Waals surface area contributed by atoms with Crippen molar-refractivity contribution in [2.45, 2.75) is 61.3 Å². The van der Waals surface area contributed by atoms with Crippen LogP contribution in [-0.2, 0) is 19.4 Å². The van der Waals surface area contributed by atoms with E-state index < -0.39 is 32.6 Å². The molecule has 4 rings (SSSR count). The molecule has 10 heteroatoms. The minimum Gasteiger partial charge on any atom is -0.381 e. The number of aromatic nitrogens is 2. The minimum absolute atomic E-state index is 0.119. The third kappa shape index (κ3) is 4.30. The largest absolute Gasteiger partial charge is 0.381 e. The number of aryl methyl sites for hydroxylation is 2. The van der Waals surface area contributed by atoms with Gasteiger partial charge in [-0.2, -0.15) is 15.0 Å². The Bertz CT molecular complexity index is 1310. The highest BCUT2D eigenvalue weighted by molar-refractivity contribution is 7.92. The number of nitriles is 1. The van der Waals surface area contributed by atoms with E-state index in [1.807, 2.05) is 0 Å². The summed E-state index contributed by atoms with van der Waals surface area (Å²) in [6.07, 6.45) is 0.969. The molecule has 1 N–H and O–H groups in total. The first kappa shape index (κ1) is 23.1. The molecule has 1 heterocycles. The van der Waals surface area contributed by atoms with Crippen molar-refractivity contribution in [2.24, 2.45) is 5.92 Å². The third-order valence-electron chi connectivity index (χ3n) is 6.51. The second kappa shape index (κ2) is 8.39. The molecule has 0 saturated heterocycles. The number of nitrogens with zero attached hydrogens (tertiary/aromatic N) is 3. The van der Waals surface area contributed by atoms with Gasteiger partial charge in [-0.05, 0) is 69.4 Å². The normalized spacial score (nSPS) is 23.6. The minimum atomic E-state index is -3.76. The van der Waals surface area contributed by atoms with Gasteiger partial charge in [-0.15, -0.1) is 0 Å². The van der Waals surface area contributed by atoms with Gasteiger partial charge in [0.05, 0.1) is 39.6 Å².